The maximum atomic E-state index is 12.8. The van der Waals surface area contributed by atoms with Crippen LogP contribution in [0.5, 0.6) is 0 Å². The fourth-order valence-corrected chi connectivity index (χ4v) is 9.36. The lowest BCUT2D eigenvalue weighted by atomic mass is 10.0. The minimum absolute atomic E-state index is 0.153. The van der Waals surface area contributed by atoms with Crippen molar-refractivity contribution in [3.05, 3.63) is 0 Å². The van der Waals surface area contributed by atoms with Crippen molar-refractivity contribution in [2.24, 2.45) is 0 Å². The van der Waals surface area contributed by atoms with Crippen molar-refractivity contribution in [1.29, 1.82) is 0 Å². The van der Waals surface area contributed by atoms with Gasteiger partial charge in [0.2, 0.25) is 0 Å². The van der Waals surface area contributed by atoms with Gasteiger partial charge in [0.05, 0.1) is 40.3 Å². The molecule has 0 heterocycles. The largest absolute Gasteiger partial charge is 0.545 e. The molecule has 0 saturated carbocycles. The summed E-state index contributed by atoms with van der Waals surface area (Å²) in [6.07, 6.45) is 57.6. The summed E-state index contributed by atoms with van der Waals surface area (Å²) in [6.45, 7) is 4.79. The van der Waals surface area contributed by atoms with Crippen molar-refractivity contribution in [3.63, 3.8) is 0 Å². The summed E-state index contributed by atoms with van der Waals surface area (Å²) in [7, 11) is 5.93. The standard InChI is InChI=1S/C61H119NO8/c1-6-8-10-12-14-16-18-19-20-21-22-23-24-25-26-27-28-29-30-31-32-33-34-35-36-37-38-39-40-42-44-46-48-50-52-59(64)70-57(56-69-61(60(65)66)67-54-53-62(3,4)5)55-68-58(63)51-49-47-45-43-41-17-15-13-11-9-7-2/h57,61H,6-56H2,1-5H3. The number of carboxylic acid groups (broad SMARTS) is 1. The number of hydrogen-bond donors (Lipinski definition) is 0. The smallest absolute Gasteiger partial charge is 0.306 e. The van der Waals surface area contributed by atoms with E-state index < -0.39 is 24.3 Å². The van der Waals surface area contributed by atoms with E-state index >= 15 is 0 Å². The van der Waals surface area contributed by atoms with Crippen LogP contribution in [0.15, 0.2) is 0 Å². The van der Waals surface area contributed by atoms with Gasteiger partial charge in [-0.05, 0) is 12.8 Å². The Kier molecular flexibility index (Phi) is 52.3. The van der Waals surface area contributed by atoms with Crippen LogP contribution in [-0.2, 0) is 33.3 Å². The molecule has 0 bridgehead atoms. The first-order valence-corrected chi connectivity index (χ1v) is 30.7. The van der Waals surface area contributed by atoms with E-state index in [1.807, 2.05) is 21.1 Å². The van der Waals surface area contributed by atoms with Crippen LogP contribution in [0.25, 0.3) is 0 Å². The third-order valence-corrected chi connectivity index (χ3v) is 14.1. The highest BCUT2D eigenvalue weighted by atomic mass is 16.7. The van der Waals surface area contributed by atoms with Gasteiger partial charge in [0.25, 0.3) is 0 Å². The van der Waals surface area contributed by atoms with Crippen molar-refractivity contribution in [2.75, 3.05) is 47.5 Å². The molecule has 0 aliphatic carbocycles. The summed E-state index contributed by atoms with van der Waals surface area (Å²) in [4.78, 5) is 37.1. The number of esters is 2. The fraction of sp³-hybridized carbons (Fsp3) is 0.951. The molecule has 0 saturated heterocycles. The van der Waals surface area contributed by atoms with E-state index in [0.29, 0.717) is 17.4 Å². The topological polar surface area (TPSA) is 111 Å². The molecule has 0 N–H and O–H groups in total. The molecule has 9 heteroatoms. The lowest BCUT2D eigenvalue weighted by Crippen LogP contribution is -2.44. The SMILES string of the molecule is CCCCCCCCCCCCCCCCCCCCCCCCCCCCCCCCCCCCC(=O)OC(COC(=O)CCCCCCCCCCCCC)COC(OCC[N+](C)(C)C)C(=O)[O-]. The van der Waals surface area contributed by atoms with Gasteiger partial charge in [-0.2, -0.15) is 0 Å². The Hall–Kier alpha value is -1.71. The minimum Gasteiger partial charge on any atom is -0.545 e. The summed E-state index contributed by atoms with van der Waals surface area (Å²) in [5, 5.41) is 11.7. The predicted molar refractivity (Wildman–Crippen MR) is 293 cm³/mol. The quantitative estimate of drug-likeness (QED) is 0.0256. The number of hydrogen-bond acceptors (Lipinski definition) is 8. The highest BCUT2D eigenvalue weighted by molar-refractivity contribution is 5.70. The van der Waals surface area contributed by atoms with Gasteiger partial charge in [-0.15, -0.1) is 0 Å². The van der Waals surface area contributed by atoms with Crippen molar-refractivity contribution in [1.82, 2.24) is 0 Å². The van der Waals surface area contributed by atoms with Crippen molar-refractivity contribution < 1.29 is 42.9 Å². The predicted octanol–water partition coefficient (Wildman–Crippen LogP) is 16.6. The first-order chi connectivity index (χ1) is 34.1. The molecule has 0 radical (unpaired) electrons. The van der Waals surface area contributed by atoms with Gasteiger partial charge in [-0.1, -0.05) is 290 Å². The Morgan fingerprint density at radius 1 is 0.371 bits per heavy atom. The Labute approximate surface area is 434 Å². The highest BCUT2D eigenvalue weighted by Crippen LogP contribution is 2.18. The van der Waals surface area contributed by atoms with E-state index in [2.05, 4.69) is 13.8 Å². The molecular weight excluding hydrogens is 875 g/mol. The van der Waals surface area contributed by atoms with Crippen molar-refractivity contribution in [3.8, 4) is 0 Å². The maximum Gasteiger partial charge on any atom is 0.306 e. The Bertz CT molecular complexity index is 1110. The Morgan fingerprint density at radius 3 is 0.914 bits per heavy atom. The molecular formula is C61H119NO8. The van der Waals surface area contributed by atoms with E-state index in [9.17, 15) is 19.5 Å². The summed E-state index contributed by atoms with van der Waals surface area (Å²) in [5.41, 5.74) is 0. The second-order valence-electron chi connectivity index (χ2n) is 22.4. The fourth-order valence-electron chi connectivity index (χ4n) is 9.36. The molecule has 0 aromatic heterocycles. The van der Waals surface area contributed by atoms with Crippen LogP contribution in [-0.4, -0.2) is 82.3 Å². The van der Waals surface area contributed by atoms with E-state index in [4.69, 9.17) is 18.9 Å². The minimum atomic E-state index is -1.61. The molecule has 0 aromatic rings. The molecule has 2 unspecified atom stereocenters. The van der Waals surface area contributed by atoms with Crippen LogP contribution in [0.2, 0.25) is 0 Å². The van der Waals surface area contributed by atoms with Crippen LogP contribution >= 0.6 is 0 Å². The van der Waals surface area contributed by atoms with Crippen LogP contribution in [0.4, 0.5) is 0 Å². The van der Waals surface area contributed by atoms with Crippen molar-refractivity contribution in [2.45, 2.75) is 328 Å². The highest BCUT2D eigenvalue weighted by Gasteiger charge is 2.22. The van der Waals surface area contributed by atoms with E-state index in [1.165, 1.54) is 250 Å². The van der Waals surface area contributed by atoms with Gasteiger partial charge in [0.1, 0.15) is 13.2 Å². The summed E-state index contributed by atoms with van der Waals surface area (Å²) >= 11 is 0. The first kappa shape index (κ1) is 68.3. The van der Waals surface area contributed by atoms with Gasteiger partial charge in [0, 0.05) is 12.8 Å². The summed E-state index contributed by atoms with van der Waals surface area (Å²) < 4.78 is 22.7. The Morgan fingerprint density at radius 2 is 0.643 bits per heavy atom. The molecule has 0 rings (SSSR count). The van der Waals surface area contributed by atoms with Crippen LogP contribution in [0.3, 0.4) is 0 Å². The van der Waals surface area contributed by atoms with Gasteiger partial charge in [-0.3, -0.25) is 9.59 Å². The number of likely N-dealkylation sites (N-methyl/N-ethyl adjacent to an activating group) is 1. The summed E-state index contributed by atoms with van der Waals surface area (Å²) in [5.74, 6) is -2.26. The zero-order valence-corrected chi connectivity index (χ0v) is 47.4. The van der Waals surface area contributed by atoms with Crippen LogP contribution < -0.4 is 5.11 Å². The second kappa shape index (κ2) is 53.6. The third kappa shape index (κ3) is 54.1. The number of nitrogens with zero attached hydrogens (tertiary/aromatic N) is 1. The monoisotopic (exact) mass is 994 g/mol. The van der Waals surface area contributed by atoms with E-state index in [1.54, 1.807) is 0 Å². The number of carbonyl (C=O) groups excluding carboxylic acids is 3. The number of ether oxygens (including phenoxy) is 4. The lowest BCUT2D eigenvalue weighted by molar-refractivity contribution is -0.870. The number of carboxylic acids is 1. The summed E-state index contributed by atoms with van der Waals surface area (Å²) in [6, 6.07) is 0. The van der Waals surface area contributed by atoms with Gasteiger partial charge < -0.3 is 33.3 Å². The Balaban J connectivity index is 3.94. The average Bonchev–Trinajstić information content (AvgIpc) is 3.33. The normalized spacial score (nSPS) is 12.6. The number of rotatable bonds is 58. The van der Waals surface area contributed by atoms with Gasteiger partial charge in [-0.25, -0.2) is 0 Å². The molecule has 0 aliphatic rings. The molecule has 0 amide bonds. The molecule has 416 valence electrons. The van der Waals surface area contributed by atoms with E-state index in [0.717, 1.165) is 38.5 Å². The van der Waals surface area contributed by atoms with Gasteiger partial charge in [0.15, 0.2) is 12.4 Å². The van der Waals surface area contributed by atoms with E-state index in [-0.39, 0.29) is 32.2 Å². The molecule has 9 nitrogen and oxygen atoms in total. The van der Waals surface area contributed by atoms with Crippen LogP contribution in [0.1, 0.15) is 316 Å². The molecule has 0 aromatic carbocycles. The van der Waals surface area contributed by atoms with Crippen molar-refractivity contribution >= 4 is 17.9 Å². The molecule has 0 spiro atoms. The maximum absolute atomic E-state index is 12.8. The average molecular weight is 995 g/mol. The molecule has 0 aliphatic heterocycles. The second-order valence-corrected chi connectivity index (χ2v) is 22.4. The molecule has 0 fully saturated rings. The number of carbonyl (C=O) groups is 3. The third-order valence-electron chi connectivity index (χ3n) is 14.1. The number of unbranched alkanes of at least 4 members (excludes halogenated alkanes) is 43. The zero-order valence-electron chi connectivity index (χ0n) is 47.4. The molecule has 70 heavy (non-hydrogen) atoms. The number of aliphatic carboxylic acids is 1. The van der Waals surface area contributed by atoms with Gasteiger partial charge >= 0.3 is 11.9 Å². The van der Waals surface area contributed by atoms with Crippen LogP contribution in [0, 0.1) is 0 Å². The first-order valence-electron chi connectivity index (χ1n) is 30.7. The lowest BCUT2D eigenvalue weighted by Gasteiger charge is -2.26. The number of quaternary nitrogens is 1. The molecule has 2 atom stereocenters. The zero-order chi connectivity index (χ0) is 51.3.